The molecule has 2 heterocycles. The zero-order valence-electron chi connectivity index (χ0n) is 19.0. The number of carbonyl (C=O) groups excluding carboxylic acids is 2. The molecule has 9 nitrogen and oxygen atoms in total. The minimum absolute atomic E-state index is 0.0469. The first kappa shape index (κ1) is 24.2. The third-order valence-electron chi connectivity index (χ3n) is 5.07. The lowest BCUT2D eigenvalue weighted by Gasteiger charge is -2.11. The number of aromatic nitrogens is 2. The minimum Gasteiger partial charge on any atom is -0.497 e. The largest absolute Gasteiger partial charge is 0.497 e. The van der Waals surface area contributed by atoms with E-state index in [-0.39, 0.29) is 33.6 Å². The maximum absolute atomic E-state index is 13.5. The molecule has 1 N–H and O–H groups in total. The first-order chi connectivity index (χ1) is 16.9. The summed E-state index contributed by atoms with van der Waals surface area (Å²) in [7, 11) is 2.96. The van der Waals surface area contributed by atoms with E-state index in [1.165, 1.54) is 20.3 Å². The number of hydrogen-bond donors (Lipinski definition) is 1. The maximum Gasteiger partial charge on any atom is 0.359 e. The highest BCUT2D eigenvalue weighted by atomic mass is 35.5. The number of carbonyl (C=O) groups is 2. The number of esters is 1. The molecule has 0 aliphatic heterocycles. The molecule has 0 unspecified atom stereocenters. The van der Waals surface area contributed by atoms with Crippen molar-refractivity contribution in [3.8, 4) is 17.2 Å². The summed E-state index contributed by atoms with van der Waals surface area (Å²) in [4.78, 5) is 39.3. The van der Waals surface area contributed by atoms with Crippen molar-refractivity contribution >= 4 is 50.6 Å². The van der Waals surface area contributed by atoms with E-state index in [0.717, 1.165) is 16.0 Å². The second kappa shape index (κ2) is 10.2. The first-order valence-corrected chi connectivity index (χ1v) is 11.6. The summed E-state index contributed by atoms with van der Waals surface area (Å²) in [6.07, 6.45) is 0. The van der Waals surface area contributed by atoms with Gasteiger partial charge in [0.15, 0.2) is 5.69 Å². The molecule has 4 aromatic rings. The second-order valence-corrected chi connectivity index (χ2v) is 8.45. The fraction of sp³-hybridized carbons (Fsp3) is 0.167. The Morgan fingerprint density at radius 3 is 2.51 bits per heavy atom. The van der Waals surface area contributed by atoms with Gasteiger partial charge < -0.3 is 19.5 Å². The van der Waals surface area contributed by atoms with Gasteiger partial charge in [-0.15, -0.1) is 11.3 Å². The number of amides is 1. The van der Waals surface area contributed by atoms with Crippen LogP contribution < -0.4 is 20.3 Å². The average molecular weight is 514 g/mol. The summed E-state index contributed by atoms with van der Waals surface area (Å²) in [5, 5.41) is 9.60. The van der Waals surface area contributed by atoms with Crippen LogP contribution in [0.25, 0.3) is 16.5 Å². The highest BCUT2D eigenvalue weighted by Gasteiger charge is 2.24. The molecular formula is C24H20ClN3O6S. The maximum atomic E-state index is 13.5. The van der Waals surface area contributed by atoms with Crippen LogP contribution in [0.15, 0.2) is 52.6 Å². The Morgan fingerprint density at radius 1 is 1.11 bits per heavy atom. The highest BCUT2D eigenvalue weighted by molar-refractivity contribution is 7.16. The van der Waals surface area contributed by atoms with Crippen LogP contribution in [-0.2, 0) is 4.74 Å². The Labute approximate surface area is 208 Å². The van der Waals surface area contributed by atoms with Gasteiger partial charge in [-0.3, -0.25) is 9.59 Å². The van der Waals surface area contributed by atoms with Crippen LogP contribution in [0, 0.1) is 0 Å². The van der Waals surface area contributed by atoms with Crippen LogP contribution in [0.5, 0.6) is 11.5 Å². The number of nitrogens with one attached hydrogen (secondary N) is 1. The molecule has 0 spiro atoms. The molecule has 0 bridgehead atoms. The van der Waals surface area contributed by atoms with Gasteiger partial charge in [0.05, 0.1) is 37.5 Å². The van der Waals surface area contributed by atoms with Gasteiger partial charge in [-0.05, 0) is 49.4 Å². The average Bonchev–Trinajstić information content (AvgIpc) is 3.28. The van der Waals surface area contributed by atoms with Crippen molar-refractivity contribution in [2.45, 2.75) is 6.92 Å². The van der Waals surface area contributed by atoms with Crippen LogP contribution in [0.1, 0.15) is 27.8 Å². The molecule has 1 amide bonds. The lowest BCUT2D eigenvalue weighted by Crippen LogP contribution is -2.25. The predicted octanol–water partition coefficient (Wildman–Crippen LogP) is 4.55. The number of nitrogens with zero attached hydrogens (tertiary/aromatic N) is 2. The fourth-order valence-corrected chi connectivity index (χ4v) is 4.52. The van der Waals surface area contributed by atoms with Crippen molar-refractivity contribution in [1.29, 1.82) is 0 Å². The molecule has 35 heavy (non-hydrogen) atoms. The van der Waals surface area contributed by atoms with E-state index in [4.69, 9.17) is 25.8 Å². The van der Waals surface area contributed by atoms with Crippen LogP contribution in [0.3, 0.4) is 0 Å². The topological polar surface area (TPSA) is 109 Å². The molecular weight excluding hydrogens is 494 g/mol. The van der Waals surface area contributed by atoms with Crippen LogP contribution >= 0.6 is 22.9 Å². The Balaban J connectivity index is 1.87. The molecule has 2 aromatic carbocycles. The molecule has 2 aromatic heterocycles. The summed E-state index contributed by atoms with van der Waals surface area (Å²) < 4.78 is 16.7. The van der Waals surface area contributed by atoms with Gasteiger partial charge in [-0.1, -0.05) is 11.6 Å². The zero-order valence-corrected chi connectivity index (χ0v) is 20.5. The zero-order chi connectivity index (χ0) is 25.1. The molecule has 0 atom stereocenters. The smallest absolute Gasteiger partial charge is 0.359 e. The summed E-state index contributed by atoms with van der Waals surface area (Å²) in [5.74, 6) is -0.310. The summed E-state index contributed by atoms with van der Waals surface area (Å²) >= 11 is 7.15. The molecule has 0 saturated heterocycles. The van der Waals surface area contributed by atoms with Crippen LogP contribution in [0.4, 0.5) is 5.00 Å². The van der Waals surface area contributed by atoms with Crippen molar-refractivity contribution in [1.82, 2.24) is 9.78 Å². The van der Waals surface area contributed by atoms with Gasteiger partial charge in [0.2, 0.25) is 0 Å². The minimum atomic E-state index is -0.688. The summed E-state index contributed by atoms with van der Waals surface area (Å²) in [6, 6.07) is 11.2. The third kappa shape index (κ3) is 4.71. The number of benzene rings is 2. The Kier molecular flexibility index (Phi) is 7.04. The second-order valence-electron chi connectivity index (χ2n) is 7.14. The Hall–Kier alpha value is -3.89. The van der Waals surface area contributed by atoms with Gasteiger partial charge in [-0.2, -0.15) is 9.78 Å². The van der Waals surface area contributed by atoms with E-state index >= 15 is 0 Å². The standard InChI is InChI=1S/C24H20ClN3O6S/c1-4-34-24(31)20-17-12-35-22(26-21(29)16-11-13(25)5-10-18(16)33-3)19(17)23(30)28(27-20)14-6-8-15(32-2)9-7-14/h5-12H,4H2,1-3H3,(H,26,29). The molecule has 0 fully saturated rings. The number of halogens is 1. The van der Waals surface area contributed by atoms with Crippen molar-refractivity contribution in [2.75, 3.05) is 26.1 Å². The van der Waals surface area contributed by atoms with Crippen LogP contribution in [-0.4, -0.2) is 42.5 Å². The van der Waals surface area contributed by atoms with Gasteiger partial charge >= 0.3 is 5.97 Å². The van der Waals surface area contributed by atoms with E-state index < -0.39 is 17.4 Å². The van der Waals surface area contributed by atoms with Gasteiger partial charge in [-0.25, -0.2) is 4.79 Å². The number of rotatable bonds is 7. The summed E-state index contributed by atoms with van der Waals surface area (Å²) in [5.41, 5.74) is 0.0297. The normalized spacial score (nSPS) is 10.7. The van der Waals surface area contributed by atoms with Crippen molar-refractivity contribution < 1.29 is 23.8 Å². The Bertz CT molecular complexity index is 1480. The quantitative estimate of drug-likeness (QED) is 0.361. The SMILES string of the molecule is CCOC(=O)c1nn(-c2ccc(OC)cc2)c(=O)c2c(NC(=O)c3cc(Cl)ccc3OC)scc12. The van der Waals surface area contributed by atoms with E-state index in [1.54, 1.807) is 48.7 Å². The monoisotopic (exact) mass is 513 g/mol. The molecule has 11 heteroatoms. The lowest BCUT2D eigenvalue weighted by atomic mass is 10.1. The number of methoxy groups -OCH3 is 2. The van der Waals surface area contributed by atoms with E-state index in [9.17, 15) is 14.4 Å². The first-order valence-electron chi connectivity index (χ1n) is 10.4. The van der Waals surface area contributed by atoms with E-state index in [0.29, 0.717) is 22.2 Å². The molecule has 0 radical (unpaired) electrons. The highest BCUT2D eigenvalue weighted by Crippen LogP contribution is 2.32. The number of ether oxygens (including phenoxy) is 3. The number of hydrogen-bond acceptors (Lipinski definition) is 8. The summed E-state index contributed by atoms with van der Waals surface area (Å²) in [6.45, 7) is 1.80. The van der Waals surface area contributed by atoms with E-state index in [1.807, 2.05) is 0 Å². The van der Waals surface area contributed by atoms with Crippen molar-refractivity contribution in [2.24, 2.45) is 0 Å². The molecule has 0 aliphatic carbocycles. The molecule has 180 valence electrons. The molecule has 0 aliphatic rings. The lowest BCUT2D eigenvalue weighted by molar-refractivity contribution is 0.0520. The molecule has 0 saturated carbocycles. The van der Waals surface area contributed by atoms with E-state index in [2.05, 4.69) is 10.4 Å². The van der Waals surface area contributed by atoms with Crippen molar-refractivity contribution in [3.63, 3.8) is 0 Å². The fourth-order valence-electron chi connectivity index (χ4n) is 3.42. The number of thiophene rings is 1. The van der Waals surface area contributed by atoms with Gasteiger partial charge in [0, 0.05) is 15.8 Å². The third-order valence-corrected chi connectivity index (χ3v) is 6.20. The van der Waals surface area contributed by atoms with Crippen LogP contribution in [0.2, 0.25) is 5.02 Å². The Morgan fingerprint density at radius 2 is 1.86 bits per heavy atom. The van der Waals surface area contributed by atoms with Gasteiger partial charge in [0.1, 0.15) is 16.5 Å². The van der Waals surface area contributed by atoms with Crippen molar-refractivity contribution in [3.05, 3.63) is 74.5 Å². The predicted molar refractivity (Wildman–Crippen MR) is 134 cm³/mol. The number of anilines is 1. The molecule has 4 rings (SSSR count). The van der Waals surface area contributed by atoms with Gasteiger partial charge in [0.25, 0.3) is 11.5 Å². The number of fused-ring (bicyclic) bond motifs is 1.